The molecule has 2 heterocycles. The summed E-state index contributed by atoms with van der Waals surface area (Å²) < 4.78 is 23.9. The molecule has 1 aliphatic heterocycles. The van der Waals surface area contributed by atoms with Gasteiger partial charge in [0.25, 0.3) is 0 Å². The van der Waals surface area contributed by atoms with Crippen LogP contribution in [0.1, 0.15) is 52.6 Å². The van der Waals surface area contributed by atoms with Crippen LogP contribution in [0.2, 0.25) is 5.02 Å². The number of aromatic nitrogens is 2. The summed E-state index contributed by atoms with van der Waals surface area (Å²) in [6.45, 7) is 8.01. The number of hydrogen-bond donors (Lipinski definition) is 0. The number of carbonyl (C=O) groups is 1. The Labute approximate surface area is 279 Å². The Morgan fingerprint density at radius 2 is 1.85 bits per heavy atom. The minimum atomic E-state index is -0.870. The van der Waals surface area contributed by atoms with Crippen LogP contribution in [0.3, 0.4) is 0 Å². The molecule has 0 saturated carbocycles. The number of nitrogens with zero attached hydrogens (tertiary/aromatic N) is 4. The van der Waals surface area contributed by atoms with E-state index in [0.29, 0.717) is 54.8 Å². The molecule has 0 N–H and O–H groups in total. The van der Waals surface area contributed by atoms with Crippen molar-refractivity contribution in [2.24, 2.45) is 5.41 Å². The van der Waals surface area contributed by atoms with Crippen molar-refractivity contribution in [1.29, 1.82) is 5.26 Å². The lowest BCUT2D eigenvalue weighted by Crippen LogP contribution is -2.48. The van der Waals surface area contributed by atoms with E-state index in [-0.39, 0.29) is 23.8 Å². The average molecular weight is 651 g/mol. The fourth-order valence-electron chi connectivity index (χ4n) is 6.10. The van der Waals surface area contributed by atoms with Crippen molar-refractivity contribution < 1.29 is 23.5 Å². The molecular weight excluding hydrogens is 616 g/mol. The summed E-state index contributed by atoms with van der Waals surface area (Å²) in [6, 6.07) is 22.6. The smallest absolute Gasteiger partial charge is 0.240 e. The van der Waals surface area contributed by atoms with Gasteiger partial charge in [-0.1, -0.05) is 91.3 Å². The van der Waals surface area contributed by atoms with Crippen LogP contribution < -0.4 is 9.47 Å². The van der Waals surface area contributed by atoms with Crippen molar-refractivity contribution in [3.05, 3.63) is 124 Å². The van der Waals surface area contributed by atoms with Gasteiger partial charge in [-0.2, -0.15) is 10.2 Å². The number of ether oxygens (including phenoxy) is 3. The highest BCUT2D eigenvalue weighted by Crippen LogP contribution is 2.53. The Morgan fingerprint density at radius 3 is 2.62 bits per heavy atom. The first-order valence-electron chi connectivity index (χ1n) is 15.4. The number of morpholine rings is 1. The zero-order chi connectivity index (χ0) is 32.9. The number of aldehydes is 1. The molecule has 0 spiro atoms. The Kier molecular flexibility index (Phi) is 9.55. The molecule has 9 nitrogen and oxygen atoms in total. The van der Waals surface area contributed by atoms with Crippen molar-refractivity contribution in [1.82, 2.24) is 15.0 Å². The van der Waals surface area contributed by atoms with Crippen molar-refractivity contribution in [3.63, 3.8) is 0 Å². The third-order valence-electron chi connectivity index (χ3n) is 8.94. The Bertz CT molecular complexity index is 1840. The van der Waals surface area contributed by atoms with E-state index < -0.39 is 10.8 Å². The molecule has 240 valence electrons. The highest BCUT2D eigenvalue weighted by atomic mass is 35.5. The van der Waals surface area contributed by atoms with E-state index in [9.17, 15) is 10.1 Å². The summed E-state index contributed by atoms with van der Waals surface area (Å²) in [5.41, 5.74) is 2.33. The lowest BCUT2D eigenvalue weighted by atomic mass is 9.58. The Balaban J connectivity index is 1.32. The van der Waals surface area contributed by atoms with Crippen LogP contribution >= 0.6 is 11.6 Å². The number of benzene rings is 3. The second-order valence-electron chi connectivity index (χ2n) is 12.1. The first-order valence-corrected chi connectivity index (χ1v) is 15.8. The molecule has 3 aromatic carbocycles. The molecule has 6 rings (SSSR count). The third kappa shape index (κ3) is 6.72. The predicted molar refractivity (Wildman–Crippen MR) is 177 cm³/mol. The van der Waals surface area contributed by atoms with E-state index in [1.807, 2.05) is 30.3 Å². The van der Waals surface area contributed by atoms with Crippen LogP contribution in [0.4, 0.5) is 0 Å². The van der Waals surface area contributed by atoms with Gasteiger partial charge in [-0.05, 0) is 34.9 Å². The molecule has 0 bridgehead atoms. The first kappa shape index (κ1) is 32.2. The minimum absolute atomic E-state index is 0.112. The van der Waals surface area contributed by atoms with Gasteiger partial charge in [-0.25, -0.2) is 0 Å². The average Bonchev–Trinajstić information content (AvgIpc) is 3.57. The number of nitriles is 1. The molecule has 0 amide bonds. The molecule has 4 aromatic rings. The van der Waals surface area contributed by atoms with Gasteiger partial charge in [0, 0.05) is 24.6 Å². The van der Waals surface area contributed by atoms with Crippen LogP contribution in [-0.2, 0) is 23.3 Å². The zero-order valence-corrected chi connectivity index (χ0v) is 27.1. The maximum Gasteiger partial charge on any atom is 0.240 e. The molecule has 10 heteroatoms. The van der Waals surface area contributed by atoms with Gasteiger partial charge in [0.15, 0.2) is 12.1 Å². The van der Waals surface area contributed by atoms with Crippen molar-refractivity contribution in [2.75, 3.05) is 32.9 Å². The van der Waals surface area contributed by atoms with Gasteiger partial charge >= 0.3 is 0 Å². The summed E-state index contributed by atoms with van der Waals surface area (Å²) in [6.07, 6.45) is 6.88. The second kappa shape index (κ2) is 13.9. The maximum atomic E-state index is 12.0. The van der Waals surface area contributed by atoms with Crippen LogP contribution in [0.5, 0.6) is 11.5 Å². The standard InChI is InChI=1S/C37H35ClN4O5/c1-36(2)30(28-10-4-3-5-11-28)12-7-13-37(36,35-40-34(47-41-35)22-42-14-16-44-17-15-42)25-46-33-20-32(29(23-43)19-31(33)38)45-24-27-9-6-8-26(18-27)21-39/h3-13,18-20,23H,14-17,22,24-25H2,1-2H3. The summed E-state index contributed by atoms with van der Waals surface area (Å²) in [4.78, 5) is 19.1. The summed E-state index contributed by atoms with van der Waals surface area (Å²) in [7, 11) is 0. The number of hydrogen-bond acceptors (Lipinski definition) is 9. The number of rotatable bonds is 11. The van der Waals surface area contributed by atoms with E-state index in [1.54, 1.807) is 24.3 Å². The van der Waals surface area contributed by atoms with Gasteiger partial charge in [0.1, 0.15) is 24.7 Å². The van der Waals surface area contributed by atoms with Gasteiger partial charge in [0.2, 0.25) is 5.89 Å². The maximum absolute atomic E-state index is 12.0. The Morgan fingerprint density at radius 1 is 1.04 bits per heavy atom. The highest BCUT2D eigenvalue weighted by Gasteiger charge is 2.52. The largest absolute Gasteiger partial charge is 0.490 e. The van der Waals surface area contributed by atoms with Crippen LogP contribution in [0.25, 0.3) is 5.57 Å². The fourth-order valence-corrected chi connectivity index (χ4v) is 6.33. The summed E-state index contributed by atoms with van der Waals surface area (Å²) >= 11 is 6.68. The molecule has 1 aliphatic carbocycles. The molecule has 1 unspecified atom stereocenters. The quantitative estimate of drug-likeness (QED) is 0.162. The fraction of sp³-hybridized carbons (Fsp3) is 0.297. The number of carbonyl (C=O) groups excluding carboxylic acids is 1. The normalized spacial score (nSPS) is 19.1. The summed E-state index contributed by atoms with van der Waals surface area (Å²) in [5, 5.41) is 14.1. The Hall–Kier alpha value is -4.75. The molecule has 1 fully saturated rings. The van der Waals surface area contributed by atoms with Crippen LogP contribution in [-0.4, -0.2) is 54.2 Å². The van der Waals surface area contributed by atoms with E-state index in [0.717, 1.165) is 29.8 Å². The van der Waals surface area contributed by atoms with Crippen molar-refractivity contribution in [3.8, 4) is 17.6 Å². The molecule has 1 atom stereocenters. The van der Waals surface area contributed by atoms with Gasteiger partial charge in [-0.15, -0.1) is 0 Å². The van der Waals surface area contributed by atoms with Gasteiger partial charge in [-0.3, -0.25) is 9.69 Å². The monoisotopic (exact) mass is 650 g/mol. The topological polar surface area (TPSA) is 111 Å². The van der Waals surface area contributed by atoms with Crippen LogP contribution in [0, 0.1) is 16.7 Å². The van der Waals surface area contributed by atoms with E-state index in [4.69, 9.17) is 35.3 Å². The third-order valence-corrected chi connectivity index (χ3v) is 9.24. The molecule has 47 heavy (non-hydrogen) atoms. The summed E-state index contributed by atoms with van der Waals surface area (Å²) in [5.74, 6) is 1.67. The van der Waals surface area contributed by atoms with E-state index >= 15 is 0 Å². The SMILES string of the molecule is CC1(C)C(c2ccccc2)=CC=CC1(COc1cc(OCc2cccc(C#N)c2)c(C=O)cc1Cl)c1noc(CN2CCOCC2)n1. The molecule has 0 radical (unpaired) electrons. The predicted octanol–water partition coefficient (Wildman–Crippen LogP) is 6.81. The second-order valence-corrected chi connectivity index (χ2v) is 12.5. The van der Waals surface area contributed by atoms with Gasteiger partial charge in [0.05, 0.1) is 47.4 Å². The molecular formula is C37H35ClN4O5. The lowest BCUT2D eigenvalue weighted by molar-refractivity contribution is 0.0297. The van der Waals surface area contributed by atoms with Gasteiger partial charge < -0.3 is 18.7 Å². The lowest BCUT2D eigenvalue weighted by Gasteiger charge is -2.46. The van der Waals surface area contributed by atoms with Crippen molar-refractivity contribution >= 4 is 23.5 Å². The first-order chi connectivity index (χ1) is 22.8. The molecule has 1 saturated heterocycles. The van der Waals surface area contributed by atoms with Crippen molar-refractivity contribution in [2.45, 2.75) is 32.4 Å². The molecule has 2 aliphatic rings. The number of halogens is 1. The highest BCUT2D eigenvalue weighted by molar-refractivity contribution is 6.32. The minimum Gasteiger partial charge on any atom is -0.490 e. The molecule has 1 aromatic heterocycles. The zero-order valence-electron chi connectivity index (χ0n) is 26.3. The van der Waals surface area contributed by atoms with Crippen LogP contribution in [0.15, 0.2) is 89.5 Å². The number of allylic oxidation sites excluding steroid dienone is 3. The van der Waals surface area contributed by atoms with E-state index in [1.165, 1.54) is 6.07 Å². The van der Waals surface area contributed by atoms with E-state index in [2.05, 4.69) is 54.3 Å².